The van der Waals surface area contributed by atoms with Crippen molar-refractivity contribution in [1.29, 1.82) is 0 Å². The first-order chi connectivity index (χ1) is 7.50. The van der Waals surface area contributed by atoms with Crippen LogP contribution in [0.5, 0.6) is 0 Å². The number of hydrogen-bond donors (Lipinski definition) is 2. The van der Waals surface area contributed by atoms with Gasteiger partial charge in [0, 0.05) is 17.1 Å². The molecule has 0 saturated heterocycles. The van der Waals surface area contributed by atoms with Crippen LogP contribution in [0.4, 0.5) is 0 Å². The summed E-state index contributed by atoms with van der Waals surface area (Å²) in [7, 11) is 0. The third kappa shape index (κ3) is 3.94. The van der Waals surface area contributed by atoms with Gasteiger partial charge in [0.05, 0.1) is 5.56 Å². The molecule has 0 aliphatic carbocycles. The molecule has 0 radical (unpaired) electrons. The number of halogens is 1. The highest BCUT2D eigenvalue weighted by Crippen LogP contribution is 2.18. The van der Waals surface area contributed by atoms with Crippen LogP contribution < -0.4 is 11.1 Å². The van der Waals surface area contributed by atoms with Crippen LogP contribution in [0.2, 0.25) is 0 Å². The molecule has 0 aromatic heterocycles. The number of aryl methyl sites for hydroxylation is 1. The number of carbonyl (C=O) groups is 1. The fourth-order valence-electron chi connectivity index (χ4n) is 1.31. The van der Waals surface area contributed by atoms with E-state index in [2.05, 4.69) is 21.2 Å². The van der Waals surface area contributed by atoms with Crippen LogP contribution in [0, 0.1) is 6.92 Å². The zero-order valence-electron chi connectivity index (χ0n) is 9.59. The predicted octanol–water partition coefficient (Wildman–Crippen LogP) is 2.22. The van der Waals surface area contributed by atoms with E-state index in [-0.39, 0.29) is 11.9 Å². The van der Waals surface area contributed by atoms with Gasteiger partial charge in [-0.1, -0.05) is 6.07 Å². The van der Waals surface area contributed by atoms with Crippen molar-refractivity contribution in [3.63, 3.8) is 0 Å². The topological polar surface area (TPSA) is 55.1 Å². The molecule has 0 spiro atoms. The van der Waals surface area contributed by atoms with Crippen LogP contribution in [0.25, 0.3) is 0 Å². The molecular formula is C12H17BrN2O. The minimum atomic E-state index is -0.0625. The number of rotatable bonds is 4. The van der Waals surface area contributed by atoms with Crippen LogP contribution >= 0.6 is 15.9 Å². The molecule has 0 saturated carbocycles. The lowest BCUT2D eigenvalue weighted by molar-refractivity contribution is 0.0952. The van der Waals surface area contributed by atoms with Crippen LogP contribution in [0.15, 0.2) is 22.7 Å². The van der Waals surface area contributed by atoms with Gasteiger partial charge < -0.3 is 11.1 Å². The van der Waals surface area contributed by atoms with Gasteiger partial charge in [-0.2, -0.15) is 0 Å². The number of nitrogens with two attached hydrogens (primary N) is 1. The summed E-state index contributed by atoms with van der Waals surface area (Å²) in [6, 6.07) is 5.79. The molecule has 3 nitrogen and oxygen atoms in total. The Balaban J connectivity index is 2.59. The molecule has 3 N–H and O–H groups in total. The van der Waals surface area contributed by atoms with Crippen molar-refractivity contribution >= 4 is 21.8 Å². The average molecular weight is 285 g/mol. The summed E-state index contributed by atoms with van der Waals surface area (Å²) in [5.74, 6) is -0.0625. The van der Waals surface area contributed by atoms with Crippen LogP contribution in [0.1, 0.15) is 29.3 Å². The van der Waals surface area contributed by atoms with Gasteiger partial charge in [-0.05, 0) is 53.9 Å². The molecule has 0 aliphatic heterocycles. The molecule has 4 heteroatoms. The van der Waals surface area contributed by atoms with Crippen molar-refractivity contribution in [3.8, 4) is 0 Å². The predicted molar refractivity (Wildman–Crippen MR) is 69.5 cm³/mol. The van der Waals surface area contributed by atoms with E-state index in [4.69, 9.17) is 5.73 Å². The van der Waals surface area contributed by atoms with Gasteiger partial charge in [0.2, 0.25) is 0 Å². The van der Waals surface area contributed by atoms with E-state index in [0.29, 0.717) is 12.1 Å². The number of nitrogens with one attached hydrogen (secondary N) is 1. The van der Waals surface area contributed by atoms with E-state index in [1.807, 2.05) is 32.0 Å². The van der Waals surface area contributed by atoms with Gasteiger partial charge in [-0.3, -0.25) is 4.79 Å². The zero-order chi connectivity index (χ0) is 12.1. The van der Waals surface area contributed by atoms with Crippen molar-refractivity contribution in [2.75, 3.05) is 6.54 Å². The van der Waals surface area contributed by atoms with E-state index in [1.54, 1.807) is 0 Å². The Hall–Kier alpha value is -0.870. The van der Waals surface area contributed by atoms with Crippen molar-refractivity contribution in [2.45, 2.75) is 26.3 Å². The Kier molecular flexibility index (Phi) is 4.96. The lowest BCUT2D eigenvalue weighted by Gasteiger charge is -2.08. The van der Waals surface area contributed by atoms with E-state index in [0.717, 1.165) is 16.5 Å². The highest BCUT2D eigenvalue weighted by Gasteiger charge is 2.09. The lowest BCUT2D eigenvalue weighted by atomic mass is 10.1. The van der Waals surface area contributed by atoms with Crippen LogP contribution in [-0.4, -0.2) is 18.5 Å². The summed E-state index contributed by atoms with van der Waals surface area (Å²) in [5, 5.41) is 2.84. The highest BCUT2D eigenvalue weighted by molar-refractivity contribution is 9.10. The second kappa shape index (κ2) is 6.01. The summed E-state index contributed by atoms with van der Waals surface area (Å²) >= 11 is 3.38. The number of amides is 1. The molecule has 1 aromatic carbocycles. The average Bonchev–Trinajstić information content (AvgIpc) is 2.16. The van der Waals surface area contributed by atoms with E-state index in [9.17, 15) is 4.79 Å². The fourth-order valence-corrected chi connectivity index (χ4v) is 1.99. The quantitative estimate of drug-likeness (QED) is 0.891. The second-order valence-electron chi connectivity index (χ2n) is 4.01. The Bertz CT molecular complexity index is 377. The van der Waals surface area contributed by atoms with Gasteiger partial charge >= 0.3 is 0 Å². The summed E-state index contributed by atoms with van der Waals surface area (Å²) in [6.45, 7) is 4.52. The van der Waals surface area contributed by atoms with Crippen LogP contribution in [-0.2, 0) is 0 Å². The number of carbonyl (C=O) groups excluding carboxylic acids is 1. The molecule has 1 aromatic rings. The first kappa shape index (κ1) is 13.2. The van der Waals surface area contributed by atoms with Crippen molar-refractivity contribution < 1.29 is 4.79 Å². The molecule has 0 aliphatic rings. The highest BCUT2D eigenvalue weighted by atomic mass is 79.9. The Labute approximate surface area is 105 Å². The molecule has 0 bridgehead atoms. The fraction of sp³-hybridized carbons (Fsp3) is 0.417. The van der Waals surface area contributed by atoms with Gasteiger partial charge in [-0.15, -0.1) is 0 Å². The first-order valence-corrected chi connectivity index (χ1v) is 6.10. The molecular weight excluding hydrogens is 268 g/mol. The summed E-state index contributed by atoms with van der Waals surface area (Å²) in [5.41, 5.74) is 7.39. The number of hydrogen-bond acceptors (Lipinski definition) is 2. The zero-order valence-corrected chi connectivity index (χ0v) is 11.2. The summed E-state index contributed by atoms with van der Waals surface area (Å²) in [6.07, 6.45) is 0.787. The maximum absolute atomic E-state index is 11.8. The molecule has 1 rings (SSSR count). The van der Waals surface area contributed by atoms with E-state index in [1.165, 1.54) is 0 Å². The van der Waals surface area contributed by atoms with Crippen molar-refractivity contribution in [3.05, 3.63) is 33.8 Å². The molecule has 0 heterocycles. The largest absolute Gasteiger partial charge is 0.352 e. The smallest absolute Gasteiger partial charge is 0.252 e. The van der Waals surface area contributed by atoms with Gasteiger partial charge in [0.1, 0.15) is 0 Å². The SMILES string of the molecule is Cc1ccc(C(=O)NCCC(C)N)c(Br)c1. The van der Waals surface area contributed by atoms with E-state index < -0.39 is 0 Å². The molecule has 16 heavy (non-hydrogen) atoms. The Morgan fingerprint density at radius 3 is 2.81 bits per heavy atom. The molecule has 0 fully saturated rings. The minimum absolute atomic E-state index is 0.0625. The third-order valence-corrected chi connectivity index (χ3v) is 2.91. The minimum Gasteiger partial charge on any atom is -0.352 e. The Morgan fingerprint density at radius 2 is 2.25 bits per heavy atom. The molecule has 1 amide bonds. The van der Waals surface area contributed by atoms with Gasteiger partial charge in [0.15, 0.2) is 0 Å². The van der Waals surface area contributed by atoms with Gasteiger partial charge in [0.25, 0.3) is 5.91 Å². The van der Waals surface area contributed by atoms with Gasteiger partial charge in [-0.25, -0.2) is 0 Å². The normalized spacial score (nSPS) is 12.2. The maximum atomic E-state index is 11.8. The second-order valence-corrected chi connectivity index (χ2v) is 4.86. The molecule has 1 unspecified atom stereocenters. The van der Waals surface area contributed by atoms with Crippen LogP contribution in [0.3, 0.4) is 0 Å². The lowest BCUT2D eigenvalue weighted by Crippen LogP contribution is -2.29. The molecule has 88 valence electrons. The third-order valence-electron chi connectivity index (χ3n) is 2.25. The van der Waals surface area contributed by atoms with Crippen molar-refractivity contribution in [1.82, 2.24) is 5.32 Å². The molecule has 1 atom stereocenters. The standard InChI is InChI=1S/C12H17BrN2O/c1-8-3-4-10(11(13)7-8)12(16)15-6-5-9(2)14/h3-4,7,9H,5-6,14H2,1-2H3,(H,15,16). The van der Waals surface area contributed by atoms with E-state index >= 15 is 0 Å². The first-order valence-electron chi connectivity index (χ1n) is 5.30. The number of benzene rings is 1. The monoisotopic (exact) mass is 284 g/mol. The summed E-state index contributed by atoms with van der Waals surface area (Å²) in [4.78, 5) is 11.8. The van der Waals surface area contributed by atoms with Crippen molar-refractivity contribution in [2.24, 2.45) is 5.73 Å². The maximum Gasteiger partial charge on any atom is 0.252 e. The summed E-state index contributed by atoms with van der Waals surface area (Å²) < 4.78 is 0.825. The Morgan fingerprint density at radius 1 is 1.56 bits per heavy atom.